The van der Waals surface area contributed by atoms with Crippen molar-refractivity contribution in [2.24, 2.45) is 5.92 Å². The largest absolute Gasteiger partial charge is 0.486 e. The van der Waals surface area contributed by atoms with E-state index >= 15 is 0 Å². The van der Waals surface area contributed by atoms with Crippen molar-refractivity contribution in [3.63, 3.8) is 0 Å². The monoisotopic (exact) mass is 279 g/mol. The average Bonchev–Trinajstić information content (AvgIpc) is 2.49. The Morgan fingerprint density at radius 1 is 1.16 bits per heavy atom. The number of hydrogen-bond acceptors (Lipinski definition) is 4. The first-order chi connectivity index (χ1) is 9.43. The van der Waals surface area contributed by atoms with Crippen LogP contribution in [0.3, 0.4) is 0 Å². The molecule has 0 radical (unpaired) electrons. The van der Waals surface area contributed by atoms with Gasteiger partial charge in [0.25, 0.3) is 0 Å². The Morgan fingerprint density at radius 2 is 2.00 bits per heavy atom. The average molecular weight is 279 g/mol. The van der Waals surface area contributed by atoms with E-state index in [1.807, 2.05) is 12.1 Å². The zero-order valence-electron chi connectivity index (χ0n) is 11.2. The SMILES string of the molecule is c1cc(CNCC2CCSCC2)c2c(c1)OCCO2. The summed E-state index contributed by atoms with van der Waals surface area (Å²) in [5.74, 6) is 5.31. The maximum absolute atomic E-state index is 5.73. The highest BCUT2D eigenvalue weighted by atomic mass is 32.2. The molecule has 3 nitrogen and oxygen atoms in total. The molecule has 0 unspecified atom stereocenters. The van der Waals surface area contributed by atoms with Crippen molar-refractivity contribution in [2.75, 3.05) is 31.3 Å². The van der Waals surface area contributed by atoms with Gasteiger partial charge in [-0.05, 0) is 42.9 Å². The molecule has 2 aliphatic heterocycles. The van der Waals surface area contributed by atoms with Gasteiger partial charge in [0, 0.05) is 12.1 Å². The Labute approximate surface area is 119 Å². The summed E-state index contributed by atoms with van der Waals surface area (Å²) < 4.78 is 11.3. The smallest absolute Gasteiger partial charge is 0.165 e. The molecule has 104 valence electrons. The molecule has 2 aliphatic rings. The van der Waals surface area contributed by atoms with Gasteiger partial charge in [-0.15, -0.1) is 0 Å². The Hall–Kier alpha value is -0.870. The van der Waals surface area contributed by atoms with Gasteiger partial charge < -0.3 is 14.8 Å². The molecule has 0 aromatic heterocycles. The van der Waals surface area contributed by atoms with Crippen molar-refractivity contribution in [1.82, 2.24) is 5.32 Å². The van der Waals surface area contributed by atoms with Gasteiger partial charge in [-0.3, -0.25) is 0 Å². The lowest BCUT2D eigenvalue weighted by molar-refractivity contribution is 0.169. The lowest BCUT2D eigenvalue weighted by atomic mass is 10.0. The maximum Gasteiger partial charge on any atom is 0.165 e. The second-order valence-electron chi connectivity index (χ2n) is 5.13. The summed E-state index contributed by atoms with van der Waals surface area (Å²) in [6.07, 6.45) is 2.70. The highest BCUT2D eigenvalue weighted by molar-refractivity contribution is 7.99. The molecule has 0 bridgehead atoms. The standard InChI is InChI=1S/C15H21NO2S/c1-2-13(15-14(3-1)17-6-7-18-15)11-16-10-12-4-8-19-9-5-12/h1-3,12,16H,4-11H2. The number of benzene rings is 1. The van der Waals surface area contributed by atoms with E-state index in [-0.39, 0.29) is 0 Å². The molecule has 0 atom stereocenters. The highest BCUT2D eigenvalue weighted by Crippen LogP contribution is 2.33. The predicted octanol–water partition coefficient (Wildman–Crippen LogP) is 2.69. The minimum absolute atomic E-state index is 0.656. The zero-order valence-corrected chi connectivity index (χ0v) is 12.0. The molecule has 1 aromatic carbocycles. The summed E-state index contributed by atoms with van der Waals surface area (Å²) in [5, 5.41) is 3.58. The summed E-state index contributed by atoms with van der Waals surface area (Å²) in [4.78, 5) is 0. The summed E-state index contributed by atoms with van der Waals surface area (Å²) >= 11 is 2.08. The van der Waals surface area contributed by atoms with E-state index in [4.69, 9.17) is 9.47 Å². The number of thioether (sulfide) groups is 1. The van der Waals surface area contributed by atoms with Crippen LogP contribution in [0.15, 0.2) is 18.2 Å². The van der Waals surface area contributed by atoms with E-state index in [1.165, 1.54) is 29.9 Å². The van der Waals surface area contributed by atoms with Crippen LogP contribution in [0.1, 0.15) is 18.4 Å². The molecule has 0 aliphatic carbocycles. The van der Waals surface area contributed by atoms with Gasteiger partial charge in [0.15, 0.2) is 11.5 Å². The van der Waals surface area contributed by atoms with Gasteiger partial charge >= 0.3 is 0 Å². The van der Waals surface area contributed by atoms with Crippen LogP contribution in [0.25, 0.3) is 0 Å². The molecular weight excluding hydrogens is 258 g/mol. The first-order valence-electron chi connectivity index (χ1n) is 7.09. The number of fused-ring (bicyclic) bond motifs is 1. The number of hydrogen-bond donors (Lipinski definition) is 1. The molecule has 2 heterocycles. The summed E-state index contributed by atoms with van der Waals surface area (Å²) in [6.45, 7) is 3.30. The first-order valence-corrected chi connectivity index (χ1v) is 8.25. The fourth-order valence-corrected chi connectivity index (χ4v) is 3.84. The number of rotatable bonds is 4. The third-order valence-electron chi connectivity index (χ3n) is 3.74. The molecule has 1 fully saturated rings. The van der Waals surface area contributed by atoms with Gasteiger partial charge in [0.2, 0.25) is 0 Å². The quantitative estimate of drug-likeness (QED) is 0.918. The topological polar surface area (TPSA) is 30.5 Å². The number of nitrogens with one attached hydrogen (secondary N) is 1. The number of ether oxygens (including phenoxy) is 2. The molecular formula is C15H21NO2S. The minimum Gasteiger partial charge on any atom is -0.486 e. The Kier molecular flexibility index (Phi) is 4.51. The molecule has 0 spiro atoms. The van der Waals surface area contributed by atoms with E-state index < -0.39 is 0 Å². The zero-order chi connectivity index (χ0) is 12.9. The van der Waals surface area contributed by atoms with Crippen molar-refractivity contribution >= 4 is 11.8 Å². The molecule has 3 rings (SSSR count). The summed E-state index contributed by atoms with van der Waals surface area (Å²) in [6, 6.07) is 6.15. The molecule has 19 heavy (non-hydrogen) atoms. The fourth-order valence-electron chi connectivity index (χ4n) is 2.63. The van der Waals surface area contributed by atoms with Gasteiger partial charge in [0.05, 0.1) is 0 Å². The molecule has 0 saturated carbocycles. The minimum atomic E-state index is 0.656. The first kappa shape index (κ1) is 13.1. The van der Waals surface area contributed by atoms with Gasteiger partial charge in [-0.25, -0.2) is 0 Å². The van der Waals surface area contributed by atoms with E-state index in [2.05, 4.69) is 23.1 Å². The summed E-state index contributed by atoms with van der Waals surface area (Å²) in [5.41, 5.74) is 1.21. The van der Waals surface area contributed by atoms with E-state index in [0.717, 1.165) is 30.5 Å². The third-order valence-corrected chi connectivity index (χ3v) is 4.79. The van der Waals surface area contributed by atoms with E-state index in [0.29, 0.717) is 13.2 Å². The van der Waals surface area contributed by atoms with Gasteiger partial charge in [-0.2, -0.15) is 11.8 Å². The Balaban J connectivity index is 1.54. The van der Waals surface area contributed by atoms with Crippen LogP contribution in [-0.4, -0.2) is 31.3 Å². The molecule has 4 heteroatoms. The van der Waals surface area contributed by atoms with Crippen LogP contribution in [0.2, 0.25) is 0 Å². The van der Waals surface area contributed by atoms with Crippen LogP contribution in [0.5, 0.6) is 11.5 Å². The van der Waals surface area contributed by atoms with Crippen LogP contribution in [-0.2, 0) is 6.54 Å². The normalized spacial score (nSPS) is 19.4. The predicted molar refractivity (Wildman–Crippen MR) is 79.2 cm³/mol. The molecule has 0 amide bonds. The van der Waals surface area contributed by atoms with Crippen molar-refractivity contribution in [1.29, 1.82) is 0 Å². The lowest BCUT2D eigenvalue weighted by Crippen LogP contribution is -2.26. The van der Waals surface area contributed by atoms with Crippen LogP contribution in [0, 0.1) is 5.92 Å². The third kappa shape index (κ3) is 3.37. The summed E-state index contributed by atoms with van der Waals surface area (Å²) in [7, 11) is 0. The molecule has 1 N–H and O–H groups in total. The van der Waals surface area contributed by atoms with Crippen molar-refractivity contribution in [3.05, 3.63) is 23.8 Å². The highest BCUT2D eigenvalue weighted by Gasteiger charge is 2.16. The van der Waals surface area contributed by atoms with Crippen molar-refractivity contribution < 1.29 is 9.47 Å². The Bertz CT molecular complexity index is 419. The van der Waals surface area contributed by atoms with E-state index in [1.54, 1.807) is 0 Å². The fraction of sp³-hybridized carbons (Fsp3) is 0.600. The maximum atomic E-state index is 5.73. The number of para-hydroxylation sites is 1. The van der Waals surface area contributed by atoms with E-state index in [9.17, 15) is 0 Å². The second kappa shape index (κ2) is 6.53. The molecule has 1 saturated heterocycles. The molecule has 1 aromatic rings. The van der Waals surface area contributed by atoms with Crippen molar-refractivity contribution in [2.45, 2.75) is 19.4 Å². The van der Waals surface area contributed by atoms with Crippen LogP contribution >= 0.6 is 11.8 Å². The van der Waals surface area contributed by atoms with Crippen molar-refractivity contribution in [3.8, 4) is 11.5 Å². The Morgan fingerprint density at radius 3 is 2.89 bits per heavy atom. The lowest BCUT2D eigenvalue weighted by Gasteiger charge is -2.23. The van der Waals surface area contributed by atoms with Crippen LogP contribution in [0.4, 0.5) is 0 Å². The van der Waals surface area contributed by atoms with Gasteiger partial charge in [-0.1, -0.05) is 12.1 Å². The van der Waals surface area contributed by atoms with Gasteiger partial charge in [0.1, 0.15) is 13.2 Å². The van der Waals surface area contributed by atoms with Crippen LogP contribution < -0.4 is 14.8 Å². The second-order valence-corrected chi connectivity index (χ2v) is 6.35.